The summed E-state index contributed by atoms with van der Waals surface area (Å²) >= 11 is 0. The molecule has 2 unspecified atom stereocenters. The lowest BCUT2D eigenvalue weighted by Crippen LogP contribution is -2.31. The normalized spacial score (nSPS) is 29.2. The third kappa shape index (κ3) is 3.63. The Kier molecular flexibility index (Phi) is 4.40. The van der Waals surface area contributed by atoms with E-state index in [1.54, 1.807) is 0 Å². The summed E-state index contributed by atoms with van der Waals surface area (Å²) in [5, 5.41) is 6.37. The van der Waals surface area contributed by atoms with Gasteiger partial charge in [-0.25, -0.2) is 0 Å². The van der Waals surface area contributed by atoms with Gasteiger partial charge in [-0.15, -0.1) is 0 Å². The van der Waals surface area contributed by atoms with Crippen molar-refractivity contribution in [3.63, 3.8) is 0 Å². The SMILES string of the molecule is O=C(CC1CCNC1)NCC1CC=CCC1. The molecule has 1 fully saturated rings. The third-order valence-electron chi connectivity index (χ3n) is 3.60. The van der Waals surface area contributed by atoms with E-state index in [0.717, 1.165) is 32.5 Å². The van der Waals surface area contributed by atoms with Crippen molar-refractivity contribution in [2.24, 2.45) is 11.8 Å². The molecule has 2 atom stereocenters. The van der Waals surface area contributed by atoms with Gasteiger partial charge in [-0.2, -0.15) is 0 Å². The van der Waals surface area contributed by atoms with E-state index < -0.39 is 0 Å². The Labute approximate surface area is 97.7 Å². The van der Waals surface area contributed by atoms with Crippen LogP contribution in [0.1, 0.15) is 32.1 Å². The summed E-state index contributed by atoms with van der Waals surface area (Å²) in [6.07, 6.45) is 9.86. The minimum atomic E-state index is 0.239. The quantitative estimate of drug-likeness (QED) is 0.707. The average Bonchev–Trinajstić information content (AvgIpc) is 2.81. The van der Waals surface area contributed by atoms with Gasteiger partial charge in [0.2, 0.25) is 5.91 Å². The van der Waals surface area contributed by atoms with E-state index in [2.05, 4.69) is 22.8 Å². The Bertz CT molecular complexity index is 257. The first-order chi connectivity index (χ1) is 7.84. The fraction of sp³-hybridized carbons (Fsp3) is 0.769. The van der Waals surface area contributed by atoms with Crippen LogP contribution in [0.3, 0.4) is 0 Å². The monoisotopic (exact) mass is 222 g/mol. The maximum Gasteiger partial charge on any atom is 0.220 e. The molecule has 2 rings (SSSR count). The molecule has 1 amide bonds. The van der Waals surface area contributed by atoms with Crippen LogP contribution in [0.2, 0.25) is 0 Å². The first-order valence-corrected chi connectivity index (χ1v) is 6.47. The number of nitrogens with one attached hydrogen (secondary N) is 2. The summed E-state index contributed by atoms with van der Waals surface area (Å²) in [5.41, 5.74) is 0. The summed E-state index contributed by atoms with van der Waals surface area (Å²) in [4.78, 5) is 11.7. The number of rotatable bonds is 4. The lowest BCUT2D eigenvalue weighted by Gasteiger charge is -2.18. The van der Waals surface area contributed by atoms with Gasteiger partial charge in [-0.3, -0.25) is 4.79 Å². The van der Waals surface area contributed by atoms with E-state index >= 15 is 0 Å². The van der Waals surface area contributed by atoms with E-state index in [4.69, 9.17) is 0 Å². The fourth-order valence-corrected chi connectivity index (χ4v) is 2.52. The molecule has 1 aliphatic heterocycles. The maximum absolute atomic E-state index is 11.7. The second kappa shape index (κ2) is 6.04. The minimum Gasteiger partial charge on any atom is -0.356 e. The Morgan fingerprint density at radius 3 is 2.94 bits per heavy atom. The molecule has 0 radical (unpaired) electrons. The predicted molar refractivity (Wildman–Crippen MR) is 65.1 cm³/mol. The molecule has 0 aromatic rings. The molecule has 16 heavy (non-hydrogen) atoms. The molecule has 0 aromatic carbocycles. The molecule has 1 saturated heterocycles. The van der Waals surface area contributed by atoms with E-state index in [9.17, 15) is 4.79 Å². The molecule has 3 nitrogen and oxygen atoms in total. The van der Waals surface area contributed by atoms with E-state index in [1.165, 1.54) is 12.8 Å². The zero-order chi connectivity index (χ0) is 11.2. The highest BCUT2D eigenvalue weighted by Gasteiger charge is 2.18. The zero-order valence-electron chi connectivity index (χ0n) is 9.87. The predicted octanol–water partition coefficient (Wildman–Crippen LogP) is 1.46. The van der Waals surface area contributed by atoms with Crippen molar-refractivity contribution in [2.45, 2.75) is 32.1 Å². The molecule has 1 heterocycles. The number of allylic oxidation sites excluding steroid dienone is 2. The largest absolute Gasteiger partial charge is 0.356 e. The molecule has 90 valence electrons. The number of hydrogen-bond donors (Lipinski definition) is 2. The molecule has 0 saturated carbocycles. The second-order valence-electron chi connectivity index (χ2n) is 5.02. The van der Waals surface area contributed by atoms with Gasteiger partial charge in [-0.05, 0) is 50.6 Å². The number of hydrogen-bond acceptors (Lipinski definition) is 2. The van der Waals surface area contributed by atoms with Crippen LogP contribution in [0.25, 0.3) is 0 Å². The van der Waals surface area contributed by atoms with Crippen LogP contribution in [-0.4, -0.2) is 25.5 Å². The Hall–Kier alpha value is -0.830. The van der Waals surface area contributed by atoms with Gasteiger partial charge in [0.05, 0.1) is 0 Å². The van der Waals surface area contributed by atoms with E-state index in [0.29, 0.717) is 18.3 Å². The van der Waals surface area contributed by atoms with E-state index in [-0.39, 0.29) is 5.91 Å². The first-order valence-electron chi connectivity index (χ1n) is 6.47. The number of carbonyl (C=O) groups excluding carboxylic acids is 1. The highest BCUT2D eigenvalue weighted by Crippen LogP contribution is 2.17. The minimum absolute atomic E-state index is 0.239. The van der Waals surface area contributed by atoms with Crippen LogP contribution in [0.5, 0.6) is 0 Å². The van der Waals surface area contributed by atoms with Crippen LogP contribution in [0, 0.1) is 11.8 Å². The highest BCUT2D eigenvalue weighted by molar-refractivity contribution is 5.76. The van der Waals surface area contributed by atoms with Gasteiger partial charge in [0.1, 0.15) is 0 Å². The Balaban J connectivity index is 1.61. The van der Waals surface area contributed by atoms with Crippen molar-refractivity contribution in [2.75, 3.05) is 19.6 Å². The van der Waals surface area contributed by atoms with Crippen molar-refractivity contribution in [3.05, 3.63) is 12.2 Å². The van der Waals surface area contributed by atoms with Crippen LogP contribution >= 0.6 is 0 Å². The molecular weight excluding hydrogens is 200 g/mol. The molecule has 0 aromatic heterocycles. The van der Waals surface area contributed by atoms with Crippen molar-refractivity contribution in [3.8, 4) is 0 Å². The average molecular weight is 222 g/mol. The van der Waals surface area contributed by atoms with Crippen LogP contribution < -0.4 is 10.6 Å². The van der Waals surface area contributed by atoms with Gasteiger partial charge in [0, 0.05) is 13.0 Å². The molecule has 2 N–H and O–H groups in total. The summed E-state index contributed by atoms with van der Waals surface area (Å²) < 4.78 is 0. The molecule has 0 spiro atoms. The summed E-state index contributed by atoms with van der Waals surface area (Å²) in [5.74, 6) is 1.46. The summed E-state index contributed by atoms with van der Waals surface area (Å²) in [7, 11) is 0. The van der Waals surface area contributed by atoms with Crippen LogP contribution in [0.4, 0.5) is 0 Å². The first kappa shape index (κ1) is 11.6. The molecule has 3 heteroatoms. The summed E-state index contributed by atoms with van der Waals surface area (Å²) in [6.45, 7) is 2.95. The molecular formula is C13H22N2O. The lowest BCUT2D eigenvalue weighted by molar-refractivity contribution is -0.122. The highest BCUT2D eigenvalue weighted by atomic mass is 16.1. The summed E-state index contributed by atoms with van der Waals surface area (Å²) in [6, 6.07) is 0. The fourth-order valence-electron chi connectivity index (χ4n) is 2.52. The van der Waals surface area contributed by atoms with Crippen molar-refractivity contribution in [1.29, 1.82) is 0 Å². The second-order valence-corrected chi connectivity index (χ2v) is 5.02. The van der Waals surface area contributed by atoms with Gasteiger partial charge in [0.25, 0.3) is 0 Å². The number of amides is 1. The zero-order valence-corrected chi connectivity index (χ0v) is 9.87. The van der Waals surface area contributed by atoms with Gasteiger partial charge < -0.3 is 10.6 Å². The topological polar surface area (TPSA) is 41.1 Å². The Morgan fingerprint density at radius 1 is 1.31 bits per heavy atom. The molecule has 0 bridgehead atoms. The lowest BCUT2D eigenvalue weighted by atomic mass is 9.94. The van der Waals surface area contributed by atoms with Gasteiger partial charge in [-0.1, -0.05) is 12.2 Å². The van der Waals surface area contributed by atoms with Crippen LogP contribution in [0.15, 0.2) is 12.2 Å². The smallest absolute Gasteiger partial charge is 0.220 e. The Morgan fingerprint density at radius 2 is 2.25 bits per heavy atom. The van der Waals surface area contributed by atoms with Gasteiger partial charge >= 0.3 is 0 Å². The third-order valence-corrected chi connectivity index (χ3v) is 3.60. The van der Waals surface area contributed by atoms with Crippen molar-refractivity contribution in [1.82, 2.24) is 10.6 Å². The number of carbonyl (C=O) groups is 1. The standard InChI is InChI=1S/C13H22N2O/c16-13(8-12-6-7-14-9-12)15-10-11-4-2-1-3-5-11/h1-2,11-12,14H,3-10H2,(H,15,16). The molecule has 1 aliphatic carbocycles. The van der Waals surface area contributed by atoms with Gasteiger partial charge in [0.15, 0.2) is 0 Å². The van der Waals surface area contributed by atoms with Crippen molar-refractivity contribution >= 4 is 5.91 Å². The maximum atomic E-state index is 11.7. The van der Waals surface area contributed by atoms with E-state index in [1.807, 2.05) is 0 Å². The van der Waals surface area contributed by atoms with Crippen LogP contribution in [-0.2, 0) is 4.79 Å². The molecule has 2 aliphatic rings. The van der Waals surface area contributed by atoms with Crippen molar-refractivity contribution < 1.29 is 4.79 Å².